The highest BCUT2D eigenvalue weighted by Crippen LogP contribution is 2.12. The van der Waals surface area contributed by atoms with Crippen molar-refractivity contribution in [1.82, 2.24) is 15.1 Å². The van der Waals surface area contributed by atoms with E-state index in [1.165, 1.54) is 12.5 Å². The fourth-order valence-corrected chi connectivity index (χ4v) is 3.19. The van der Waals surface area contributed by atoms with E-state index in [2.05, 4.69) is 34.5 Å². The van der Waals surface area contributed by atoms with Gasteiger partial charge in [-0.1, -0.05) is 30.3 Å². The monoisotopic (exact) mass is 347 g/mol. The van der Waals surface area contributed by atoms with Crippen LogP contribution in [0.3, 0.4) is 0 Å². The summed E-state index contributed by atoms with van der Waals surface area (Å²) in [6.07, 6.45) is 1.00. The predicted octanol–water partition coefficient (Wildman–Crippen LogP) is 0.772. The molecule has 6 heteroatoms. The Kier molecular flexibility index (Phi) is 7.88. The number of nitrogens with one attached hydrogen (secondary N) is 1. The van der Waals surface area contributed by atoms with Gasteiger partial charge in [-0.3, -0.25) is 9.59 Å². The molecule has 1 atom stereocenters. The molecule has 0 radical (unpaired) electrons. The van der Waals surface area contributed by atoms with Crippen LogP contribution in [-0.2, 0) is 20.7 Å². The van der Waals surface area contributed by atoms with Gasteiger partial charge in [0.15, 0.2) is 0 Å². The zero-order valence-electron chi connectivity index (χ0n) is 15.2. The number of methoxy groups -OCH3 is 1. The molecule has 0 aromatic heterocycles. The summed E-state index contributed by atoms with van der Waals surface area (Å²) in [5, 5.41) is 2.59. The van der Waals surface area contributed by atoms with Gasteiger partial charge in [0.05, 0.1) is 13.2 Å². The van der Waals surface area contributed by atoms with Crippen LogP contribution >= 0.6 is 0 Å². The van der Waals surface area contributed by atoms with Crippen molar-refractivity contribution in [2.75, 3.05) is 53.0 Å². The molecule has 1 saturated heterocycles. The number of carbonyl (C=O) groups is 2. The average Bonchev–Trinajstić information content (AvgIpc) is 2.81. The van der Waals surface area contributed by atoms with E-state index in [0.717, 1.165) is 26.1 Å². The molecule has 2 rings (SSSR count). The maximum Gasteiger partial charge on any atom is 0.242 e. The third kappa shape index (κ3) is 6.84. The van der Waals surface area contributed by atoms with Crippen LogP contribution in [0.5, 0.6) is 0 Å². The van der Waals surface area contributed by atoms with Gasteiger partial charge in [-0.2, -0.15) is 0 Å². The Hall–Kier alpha value is -1.92. The van der Waals surface area contributed by atoms with E-state index in [4.69, 9.17) is 4.74 Å². The number of hydrogen-bond donors (Lipinski definition) is 1. The normalized spacial score (nSPS) is 18.6. The van der Waals surface area contributed by atoms with Crippen molar-refractivity contribution in [3.63, 3.8) is 0 Å². The zero-order valence-corrected chi connectivity index (χ0v) is 15.2. The van der Waals surface area contributed by atoms with Gasteiger partial charge in [0.1, 0.15) is 0 Å². The van der Waals surface area contributed by atoms with E-state index in [1.807, 2.05) is 11.0 Å². The molecule has 0 aliphatic carbocycles. The molecule has 0 spiro atoms. The number of rotatable bonds is 7. The first kappa shape index (κ1) is 19.4. The number of nitrogens with zero attached hydrogens (tertiary/aromatic N) is 2. The van der Waals surface area contributed by atoms with Gasteiger partial charge in [0.25, 0.3) is 0 Å². The summed E-state index contributed by atoms with van der Waals surface area (Å²) in [7, 11) is 1.70. The summed E-state index contributed by atoms with van der Waals surface area (Å²) in [5.74, 6) is 0.0758. The molecule has 2 amide bonds. The number of ether oxygens (including phenoxy) is 1. The first-order chi connectivity index (χ1) is 12.1. The van der Waals surface area contributed by atoms with Gasteiger partial charge in [-0.15, -0.1) is 0 Å². The highest BCUT2D eigenvalue weighted by atomic mass is 16.5. The van der Waals surface area contributed by atoms with Crippen LogP contribution in [0.2, 0.25) is 0 Å². The highest BCUT2D eigenvalue weighted by Gasteiger charge is 2.25. The molecule has 1 aliphatic rings. The standard InChI is InChI=1S/C19H29N3O3/c1-16(23)20-12-19(24)22-11-10-21(13-18(14-22)15-25-2)9-8-17-6-4-3-5-7-17/h3-7,18H,8-15H2,1-2H3,(H,20,23)/t18-/m1/s1. The lowest BCUT2D eigenvalue weighted by Crippen LogP contribution is -2.42. The van der Waals surface area contributed by atoms with Gasteiger partial charge in [0.2, 0.25) is 11.8 Å². The quantitative estimate of drug-likeness (QED) is 0.792. The Morgan fingerprint density at radius 3 is 2.64 bits per heavy atom. The number of carbonyl (C=O) groups excluding carboxylic acids is 2. The Balaban J connectivity index is 1.91. The van der Waals surface area contributed by atoms with Gasteiger partial charge in [-0.05, 0) is 12.0 Å². The molecule has 0 saturated carbocycles. The maximum atomic E-state index is 12.3. The second kappa shape index (κ2) is 10.2. The molecular weight excluding hydrogens is 318 g/mol. The summed E-state index contributed by atoms with van der Waals surface area (Å²) < 4.78 is 5.34. The van der Waals surface area contributed by atoms with Crippen LogP contribution in [0.25, 0.3) is 0 Å². The third-order valence-corrected chi connectivity index (χ3v) is 4.48. The molecule has 1 heterocycles. The van der Waals surface area contributed by atoms with Gasteiger partial charge < -0.3 is 19.9 Å². The fraction of sp³-hybridized carbons (Fsp3) is 0.579. The molecule has 1 aliphatic heterocycles. The molecule has 1 fully saturated rings. The lowest BCUT2D eigenvalue weighted by atomic mass is 10.1. The molecule has 0 bridgehead atoms. The fourth-order valence-electron chi connectivity index (χ4n) is 3.19. The van der Waals surface area contributed by atoms with Crippen LogP contribution in [0.15, 0.2) is 30.3 Å². The smallest absolute Gasteiger partial charge is 0.242 e. The first-order valence-electron chi connectivity index (χ1n) is 8.86. The van der Waals surface area contributed by atoms with Crippen molar-refractivity contribution >= 4 is 11.8 Å². The predicted molar refractivity (Wildman–Crippen MR) is 97.2 cm³/mol. The van der Waals surface area contributed by atoms with Crippen molar-refractivity contribution in [1.29, 1.82) is 0 Å². The van der Waals surface area contributed by atoms with Crippen molar-refractivity contribution in [2.45, 2.75) is 13.3 Å². The number of amides is 2. The summed E-state index contributed by atoms with van der Waals surface area (Å²) >= 11 is 0. The second-order valence-corrected chi connectivity index (χ2v) is 6.61. The topological polar surface area (TPSA) is 61.9 Å². The number of hydrogen-bond acceptors (Lipinski definition) is 4. The summed E-state index contributed by atoms with van der Waals surface area (Å²) in [5.41, 5.74) is 1.33. The molecule has 0 unspecified atom stereocenters. The van der Waals surface area contributed by atoms with E-state index in [-0.39, 0.29) is 24.3 Å². The van der Waals surface area contributed by atoms with E-state index in [1.54, 1.807) is 7.11 Å². The minimum atomic E-state index is -0.180. The lowest BCUT2D eigenvalue weighted by Gasteiger charge is -2.24. The molecule has 1 aromatic carbocycles. The first-order valence-corrected chi connectivity index (χ1v) is 8.86. The van der Waals surface area contributed by atoms with Crippen molar-refractivity contribution in [3.05, 3.63) is 35.9 Å². The summed E-state index contributed by atoms with van der Waals surface area (Å²) in [4.78, 5) is 27.6. The molecule has 1 N–H and O–H groups in total. The van der Waals surface area contributed by atoms with Crippen molar-refractivity contribution < 1.29 is 14.3 Å². The molecular formula is C19H29N3O3. The van der Waals surface area contributed by atoms with Crippen LogP contribution < -0.4 is 5.32 Å². The lowest BCUT2D eigenvalue weighted by molar-refractivity contribution is -0.132. The van der Waals surface area contributed by atoms with Crippen LogP contribution in [0.1, 0.15) is 12.5 Å². The Labute approximate surface area is 150 Å². The van der Waals surface area contributed by atoms with Gasteiger partial charge >= 0.3 is 0 Å². The number of benzene rings is 1. The summed E-state index contributed by atoms with van der Waals surface area (Å²) in [6.45, 7) is 6.22. The van der Waals surface area contributed by atoms with Gasteiger partial charge in [0, 0.05) is 52.7 Å². The zero-order chi connectivity index (χ0) is 18.1. The molecule has 138 valence electrons. The van der Waals surface area contributed by atoms with E-state index < -0.39 is 0 Å². The van der Waals surface area contributed by atoms with E-state index in [9.17, 15) is 9.59 Å². The minimum absolute atomic E-state index is 0.0267. The molecule has 1 aromatic rings. The molecule has 6 nitrogen and oxygen atoms in total. The summed E-state index contributed by atoms with van der Waals surface area (Å²) in [6, 6.07) is 10.5. The van der Waals surface area contributed by atoms with E-state index >= 15 is 0 Å². The highest BCUT2D eigenvalue weighted by molar-refractivity contribution is 5.83. The Morgan fingerprint density at radius 2 is 1.96 bits per heavy atom. The largest absolute Gasteiger partial charge is 0.384 e. The maximum absolute atomic E-state index is 12.3. The Morgan fingerprint density at radius 1 is 1.20 bits per heavy atom. The van der Waals surface area contributed by atoms with Crippen molar-refractivity contribution in [3.8, 4) is 0 Å². The SMILES string of the molecule is COC[C@@H]1CN(CCc2ccccc2)CCN(C(=O)CNC(C)=O)C1. The van der Waals surface area contributed by atoms with Crippen LogP contribution in [-0.4, -0.2) is 74.6 Å². The van der Waals surface area contributed by atoms with Crippen LogP contribution in [0, 0.1) is 5.92 Å². The molecule has 25 heavy (non-hydrogen) atoms. The van der Waals surface area contributed by atoms with Crippen molar-refractivity contribution in [2.24, 2.45) is 5.92 Å². The second-order valence-electron chi connectivity index (χ2n) is 6.61. The Bertz CT molecular complexity index is 550. The third-order valence-electron chi connectivity index (χ3n) is 4.48. The van der Waals surface area contributed by atoms with Gasteiger partial charge in [-0.25, -0.2) is 0 Å². The van der Waals surface area contributed by atoms with Crippen LogP contribution in [0.4, 0.5) is 0 Å². The van der Waals surface area contributed by atoms with E-state index in [0.29, 0.717) is 19.7 Å². The average molecular weight is 347 g/mol. The minimum Gasteiger partial charge on any atom is -0.384 e.